The van der Waals surface area contributed by atoms with Gasteiger partial charge in [0.15, 0.2) is 0 Å². The summed E-state index contributed by atoms with van der Waals surface area (Å²) in [5.41, 5.74) is 2.37. The lowest BCUT2D eigenvalue weighted by atomic mass is 10.1. The molecule has 2 aromatic rings. The van der Waals surface area contributed by atoms with Crippen LogP contribution in [0.4, 0.5) is 11.4 Å². The quantitative estimate of drug-likeness (QED) is 0.846. The predicted octanol–water partition coefficient (Wildman–Crippen LogP) is 2.31. The number of amides is 2. The van der Waals surface area contributed by atoms with Gasteiger partial charge >= 0.3 is 0 Å². The number of pyridine rings is 1. The van der Waals surface area contributed by atoms with Gasteiger partial charge in [-0.2, -0.15) is 0 Å². The van der Waals surface area contributed by atoms with Gasteiger partial charge in [-0.15, -0.1) is 0 Å². The molecule has 2 N–H and O–H groups in total. The molecule has 2 heterocycles. The van der Waals surface area contributed by atoms with Crippen molar-refractivity contribution in [2.45, 2.75) is 19.9 Å². The van der Waals surface area contributed by atoms with Crippen molar-refractivity contribution in [2.75, 3.05) is 36.5 Å². The number of para-hydroxylation sites is 2. The minimum atomic E-state index is -0.303. The van der Waals surface area contributed by atoms with E-state index in [-0.39, 0.29) is 17.9 Å². The molecule has 1 saturated heterocycles. The number of morpholine rings is 1. The van der Waals surface area contributed by atoms with Gasteiger partial charge in [-0.3, -0.25) is 14.6 Å². The van der Waals surface area contributed by atoms with Crippen molar-refractivity contribution in [3.8, 4) is 0 Å². The van der Waals surface area contributed by atoms with E-state index in [4.69, 9.17) is 4.74 Å². The minimum Gasteiger partial charge on any atom is -0.378 e. The summed E-state index contributed by atoms with van der Waals surface area (Å²) in [6.07, 6.45) is 2.91. The molecule has 1 aromatic carbocycles. The standard InChI is InChI=1S/C20H24N4O3/c1-14(2)22-19(25)15-11-16(13-21-12-15)20(26)23-17-5-3-4-6-18(17)24-7-9-27-10-8-24/h3-6,11-14H,7-10H2,1-2H3,(H,22,25)(H,23,26). The summed E-state index contributed by atoms with van der Waals surface area (Å²) in [5, 5.41) is 5.74. The van der Waals surface area contributed by atoms with Crippen LogP contribution in [0.25, 0.3) is 0 Å². The lowest BCUT2D eigenvalue weighted by molar-refractivity contribution is 0.0942. The average Bonchev–Trinajstić information content (AvgIpc) is 2.68. The van der Waals surface area contributed by atoms with Crippen LogP contribution < -0.4 is 15.5 Å². The number of hydrogen-bond donors (Lipinski definition) is 2. The van der Waals surface area contributed by atoms with Crippen molar-refractivity contribution < 1.29 is 14.3 Å². The normalized spacial score (nSPS) is 14.1. The van der Waals surface area contributed by atoms with Crippen LogP contribution in [-0.2, 0) is 4.74 Å². The average molecular weight is 368 g/mol. The highest BCUT2D eigenvalue weighted by Crippen LogP contribution is 2.26. The minimum absolute atomic E-state index is 0.00961. The third-order valence-corrected chi connectivity index (χ3v) is 4.19. The first-order valence-corrected chi connectivity index (χ1v) is 9.03. The van der Waals surface area contributed by atoms with Gasteiger partial charge in [0, 0.05) is 31.5 Å². The van der Waals surface area contributed by atoms with Gasteiger partial charge in [-0.05, 0) is 32.0 Å². The third kappa shape index (κ3) is 4.83. The van der Waals surface area contributed by atoms with Crippen molar-refractivity contribution in [3.05, 3.63) is 53.9 Å². The van der Waals surface area contributed by atoms with E-state index in [0.717, 1.165) is 24.5 Å². The third-order valence-electron chi connectivity index (χ3n) is 4.19. The molecule has 27 heavy (non-hydrogen) atoms. The van der Waals surface area contributed by atoms with Crippen LogP contribution in [-0.4, -0.2) is 49.1 Å². The maximum Gasteiger partial charge on any atom is 0.257 e. The van der Waals surface area contributed by atoms with Crippen LogP contribution in [0.2, 0.25) is 0 Å². The smallest absolute Gasteiger partial charge is 0.257 e. The topological polar surface area (TPSA) is 83.6 Å². The van der Waals surface area contributed by atoms with Crippen molar-refractivity contribution in [1.29, 1.82) is 0 Å². The lowest BCUT2D eigenvalue weighted by Gasteiger charge is -2.30. The van der Waals surface area contributed by atoms with Gasteiger partial charge in [0.25, 0.3) is 11.8 Å². The summed E-state index contributed by atoms with van der Waals surface area (Å²) < 4.78 is 5.40. The first kappa shape index (κ1) is 18.8. The number of carbonyl (C=O) groups excluding carboxylic acids is 2. The first-order valence-electron chi connectivity index (χ1n) is 9.03. The highest BCUT2D eigenvalue weighted by molar-refractivity contribution is 6.07. The van der Waals surface area contributed by atoms with E-state index in [0.29, 0.717) is 24.3 Å². The second kappa shape index (κ2) is 8.64. The summed E-state index contributed by atoms with van der Waals surface area (Å²) >= 11 is 0. The SMILES string of the molecule is CC(C)NC(=O)c1cncc(C(=O)Nc2ccccc2N2CCOCC2)c1. The summed E-state index contributed by atoms with van der Waals surface area (Å²) in [4.78, 5) is 31.1. The Morgan fingerprint density at radius 1 is 1.07 bits per heavy atom. The molecule has 7 heteroatoms. The molecule has 0 saturated carbocycles. The van der Waals surface area contributed by atoms with E-state index in [2.05, 4.69) is 20.5 Å². The summed E-state index contributed by atoms with van der Waals surface area (Å²) in [5.74, 6) is -0.553. The number of anilines is 2. The van der Waals surface area contributed by atoms with Crippen LogP contribution in [0.3, 0.4) is 0 Å². The van der Waals surface area contributed by atoms with Crippen molar-refractivity contribution in [1.82, 2.24) is 10.3 Å². The number of nitrogens with zero attached hydrogens (tertiary/aromatic N) is 2. The Kier molecular flexibility index (Phi) is 6.03. The van der Waals surface area contributed by atoms with Crippen molar-refractivity contribution in [3.63, 3.8) is 0 Å². The molecule has 0 aliphatic carbocycles. The second-order valence-corrected chi connectivity index (χ2v) is 6.66. The van der Waals surface area contributed by atoms with E-state index in [9.17, 15) is 9.59 Å². The summed E-state index contributed by atoms with van der Waals surface area (Å²) in [7, 11) is 0. The highest BCUT2D eigenvalue weighted by atomic mass is 16.5. The monoisotopic (exact) mass is 368 g/mol. The largest absolute Gasteiger partial charge is 0.378 e. The molecule has 2 amide bonds. The number of hydrogen-bond acceptors (Lipinski definition) is 5. The fourth-order valence-electron chi connectivity index (χ4n) is 2.89. The molecule has 1 fully saturated rings. The molecular formula is C20H24N4O3. The number of carbonyl (C=O) groups is 2. The van der Waals surface area contributed by atoms with Crippen molar-refractivity contribution >= 4 is 23.2 Å². The number of ether oxygens (including phenoxy) is 1. The maximum absolute atomic E-state index is 12.7. The summed E-state index contributed by atoms with van der Waals surface area (Å²) in [6.45, 7) is 6.64. The Balaban J connectivity index is 1.77. The van der Waals surface area contributed by atoms with Crippen LogP contribution >= 0.6 is 0 Å². The molecule has 0 atom stereocenters. The van der Waals surface area contributed by atoms with Crippen LogP contribution in [0, 0.1) is 0 Å². The molecule has 142 valence electrons. The van der Waals surface area contributed by atoms with Gasteiger partial charge < -0.3 is 20.3 Å². The highest BCUT2D eigenvalue weighted by Gasteiger charge is 2.17. The Bertz CT molecular complexity index is 816. The molecule has 3 rings (SSSR count). The molecular weight excluding hydrogens is 344 g/mol. The fourth-order valence-corrected chi connectivity index (χ4v) is 2.89. The molecule has 1 aromatic heterocycles. The van der Waals surface area contributed by atoms with Crippen LogP contribution in [0.5, 0.6) is 0 Å². The molecule has 0 spiro atoms. The van der Waals surface area contributed by atoms with Gasteiger partial charge in [-0.1, -0.05) is 12.1 Å². The van der Waals surface area contributed by atoms with Gasteiger partial charge in [0.1, 0.15) is 0 Å². The van der Waals surface area contributed by atoms with Gasteiger partial charge in [0.2, 0.25) is 0 Å². The molecule has 7 nitrogen and oxygen atoms in total. The van der Waals surface area contributed by atoms with E-state index in [1.165, 1.54) is 12.4 Å². The fraction of sp³-hybridized carbons (Fsp3) is 0.350. The maximum atomic E-state index is 12.7. The second-order valence-electron chi connectivity index (χ2n) is 6.66. The van der Waals surface area contributed by atoms with Crippen LogP contribution in [0.1, 0.15) is 34.6 Å². The first-order chi connectivity index (χ1) is 13.0. The molecule has 0 bridgehead atoms. The molecule has 1 aliphatic rings. The Labute approximate surface area is 158 Å². The molecule has 1 aliphatic heterocycles. The molecule has 0 unspecified atom stereocenters. The van der Waals surface area contributed by atoms with E-state index < -0.39 is 0 Å². The van der Waals surface area contributed by atoms with E-state index in [1.807, 2.05) is 38.1 Å². The lowest BCUT2D eigenvalue weighted by Crippen LogP contribution is -2.36. The Morgan fingerprint density at radius 3 is 2.44 bits per heavy atom. The van der Waals surface area contributed by atoms with Crippen molar-refractivity contribution in [2.24, 2.45) is 0 Å². The van der Waals surface area contributed by atoms with E-state index in [1.54, 1.807) is 6.07 Å². The zero-order valence-corrected chi connectivity index (χ0v) is 15.6. The van der Waals surface area contributed by atoms with Gasteiger partial charge in [-0.25, -0.2) is 0 Å². The summed E-state index contributed by atoms with van der Waals surface area (Å²) in [6, 6.07) is 9.23. The van der Waals surface area contributed by atoms with Gasteiger partial charge in [0.05, 0.1) is 35.7 Å². The molecule has 0 radical (unpaired) electrons. The number of nitrogens with one attached hydrogen (secondary N) is 2. The predicted molar refractivity (Wildman–Crippen MR) is 104 cm³/mol. The van der Waals surface area contributed by atoms with Crippen LogP contribution in [0.15, 0.2) is 42.7 Å². The van der Waals surface area contributed by atoms with E-state index >= 15 is 0 Å². The Hall–Kier alpha value is -2.93. The zero-order chi connectivity index (χ0) is 19.2. The number of aromatic nitrogens is 1. The Morgan fingerprint density at radius 2 is 1.74 bits per heavy atom. The zero-order valence-electron chi connectivity index (χ0n) is 15.6. The number of rotatable bonds is 5. The number of benzene rings is 1.